The molecule has 0 atom stereocenters. The number of aliphatic imine (C=N–C) groups is 1. The Morgan fingerprint density at radius 1 is 1.07 bits per heavy atom. The van der Waals surface area contributed by atoms with Crippen molar-refractivity contribution in [1.29, 1.82) is 0 Å². The number of nitrogens with one attached hydrogen (secondary N) is 3. The highest BCUT2D eigenvalue weighted by Gasteiger charge is 2.32. The maximum absolute atomic E-state index is 12.6. The molecule has 0 bridgehead atoms. The summed E-state index contributed by atoms with van der Waals surface area (Å²) in [7, 11) is 1.62. The number of para-hydroxylation sites is 1. The van der Waals surface area contributed by atoms with E-state index in [4.69, 9.17) is 4.74 Å². The standard InChI is InChI=1S/C17H21F3N6O.HI/c1-21-15(25-11-12-27-13-5-3-2-4-6-13)23-9-10-24-16-22-8-7-14(26-16)17(18,19)20;/h2-8H,9-12H2,1H3,(H2,21,23,25)(H,22,24,26);1H. The Bertz CT molecular complexity index is 730. The predicted molar refractivity (Wildman–Crippen MR) is 112 cm³/mol. The molecule has 0 aliphatic carbocycles. The first-order valence-corrected chi connectivity index (χ1v) is 8.25. The zero-order valence-electron chi connectivity index (χ0n) is 15.2. The van der Waals surface area contributed by atoms with Gasteiger partial charge in [0.15, 0.2) is 5.96 Å². The van der Waals surface area contributed by atoms with E-state index in [-0.39, 0.29) is 29.9 Å². The van der Waals surface area contributed by atoms with Gasteiger partial charge in [-0.25, -0.2) is 9.97 Å². The molecule has 3 N–H and O–H groups in total. The quantitative estimate of drug-likeness (QED) is 0.219. The number of hydrogen-bond donors (Lipinski definition) is 3. The average Bonchev–Trinajstić information content (AvgIpc) is 2.67. The molecule has 2 aromatic rings. The summed E-state index contributed by atoms with van der Waals surface area (Å²) in [6.45, 7) is 1.74. The number of nitrogens with zero attached hydrogens (tertiary/aromatic N) is 3. The fourth-order valence-electron chi connectivity index (χ4n) is 2.03. The van der Waals surface area contributed by atoms with Gasteiger partial charge in [0.25, 0.3) is 0 Å². The van der Waals surface area contributed by atoms with Crippen LogP contribution in [0.4, 0.5) is 19.1 Å². The Morgan fingerprint density at radius 3 is 2.46 bits per heavy atom. The lowest BCUT2D eigenvalue weighted by Gasteiger charge is -2.13. The second-order valence-corrected chi connectivity index (χ2v) is 5.28. The van der Waals surface area contributed by atoms with Gasteiger partial charge in [-0.05, 0) is 18.2 Å². The van der Waals surface area contributed by atoms with Crippen molar-refractivity contribution in [3.8, 4) is 5.75 Å². The summed E-state index contributed by atoms with van der Waals surface area (Å²) in [5.74, 6) is 1.26. The Kier molecular flexibility index (Phi) is 10.3. The molecule has 0 spiro atoms. The predicted octanol–water partition coefficient (Wildman–Crippen LogP) is 2.77. The summed E-state index contributed by atoms with van der Waals surface area (Å²) in [4.78, 5) is 11.3. The minimum Gasteiger partial charge on any atom is -0.492 e. The molecule has 154 valence electrons. The van der Waals surface area contributed by atoms with Crippen LogP contribution in [0.5, 0.6) is 5.75 Å². The molecule has 1 heterocycles. The fraction of sp³-hybridized carbons (Fsp3) is 0.353. The van der Waals surface area contributed by atoms with Crippen molar-refractivity contribution in [1.82, 2.24) is 20.6 Å². The molecular weight excluding hydrogens is 488 g/mol. The molecule has 11 heteroatoms. The lowest BCUT2D eigenvalue weighted by Crippen LogP contribution is -2.41. The van der Waals surface area contributed by atoms with Crippen LogP contribution in [-0.4, -0.2) is 49.2 Å². The normalized spacial score (nSPS) is 11.4. The summed E-state index contributed by atoms with van der Waals surface area (Å²) >= 11 is 0. The van der Waals surface area contributed by atoms with Crippen molar-refractivity contribution >= 4 is 35.9 Å². The first-order valence-electron chi connectivity index (χ1n) is 8.25. The van der Waals surface area contributed by atoms with Gasteiger partial charge in [-0.15, -0.1) is 24.0 Å². The van der Waals surface area contributed by atoms with Crippen LogP contribution in [0.2, 0.25) is 0 Å². The molecule has 0 amide bonds. The molecule has 0 fully saturated rings. The average molecular weight is 510 g/mol. The van der Waals surface area contributed by atoms with Crippen LogP contribution in [0.1, 0.15) is 5.69 Å². The van der Waals surface area contributed by atoms with Gasteiger partial charge in [-0.1, -0.05) is 18.2 Å². The maximum atomic E-state index is 12.6. The first kappa shape index (κ1) is 23.7. The Labute approximate surface area is 178 Å². The van der Waals surface area contributed by atoms with E-state index < -0.39 is 11.9 Å². The maximum Gasteiger partial charge on any atom is 0.433 e. The third kappa shape index (κ3) is 8.59. The molecule has 2 rings (SSSR count). The number of alkyl halides is 3. The van der Waals surface area contributed by atoms with Crippen LogP contribution >= 0.6 is 24.0 Å². The Morgan fingerprint density at radius 2 is 1.79 bits per heavy atom. The monoisotopic (exact) mass is 510 g/mol. The number of rotatable bonds is 8. The highest BCUT2D eigenvalue weighted by atomic mass is 127. The summed E-state index contributed by atoms with van der Waals surface area (Å²) in [6, 6.07) is 10.3. The number of guanidine groups is 1. The number of benzene rings is 1. The van der Waals surface area contributed by atoms with Crippen molar-refractivity contribution < 1.29 is 17.9 Å². The second kappa shape index (κ2) is 12.2. The van der Waals surface area contributed by atoms with Crippen LogP contribution in [0, 0.1) is 0 Å². The highest BCUT2D eigenvalue weighted by Crippen LogP contribution is 2.27. The largest absolute Gasteiger partial charge is 0.492 e. The van der Waals surface area contributed by atoms with Gasteiger partial charge in [-0.3, -0.25) is 4.99 Å². The van der Waals surface area contributed by atoms with Crippen molar-refractivity contribution in [2.75, 3.05) is 38.6 Å². The minimum atomic E-state index is -4.49. The van der Waals surface area contributed by atoms with Gasteiger partial charge < -0.3 is 20.7 Å². The lowest BCUT2D eigenvalue weighted by molar-refractivity contribution is -0.141. The van der Waals surface area contributed by atoms with Crippen molar-refractivity contribution in [3.05, 3.63) is 48.3 Å². The smallest absolute Gasteiger partial charge is 0.433 e. The molecule has 7 nitrogen and oxygen atoms in total. The molecule has 0 unspecified atom stereocenters. The SMILES string of the molecule is CN=C(NCCNc1nccc(C(F)(F)F)n1)NCCOc1ccccc1.I. The number of halogens is 4. The molecule has 0 radical (unpaired) electrons. The van der Waals surface area contributed by atoms with Crippen LogP contribution in [-0.2, 0) is 6.18 Å². The van der Waals surface area contributed by atoms with E-state index in [9.17, 15) is 13.2 Å². The third-order valence-corrected chi connectivity index (χ3v) is 3.28. The van der Waals surface area contributed by atoms with Crippen LogP contribution in [0.25, 0.3) is 0 Å². The van der Waals surface area contributed by atoms with Crippen molar-refractivity contribution in [3.63, 3.8) is 0 Å². The number of aromatic nitrogens is 2. The van der Waals surface area contributed by atoms with Gasteiger partial charge in [0.2, 0.25) is 5.95 Å². The van der Waals surface area contributed by atoms with E-state index in [2.05, 4.69) is 30.9 Å². The van der Waals surface area contributed by atoms with Crippen LogP contribution < -0.4 is 20.7 Å². The zero-order valence-corrected chi connectivity index (χ0v) is 17.5. The van der Waals surface area contributed by atoms with Crippen LogP contribution in [0.3, 0.4) is 0 Å². The first-order chi connectivity index (χ1) is 13.0. The fourth-order valence-corrected chi connectivity index (χ4v) is 2.03. The van der Waals surface area contributed by atoms with E-state index in [1.807, 2.05) is 30.3 Å². The topological polar surface area (TPSA) is 83.5 Å². The Balaban J connectivity index is 0.00000392. The lowest BCUT2D eigenvalue weighted by atomic mass is 10.3. The second-order valence-electron chi connectivity index (χ2n) is 5.28. The van der Waals surface area contributed by atoms with Gasteiger partial charge >= 0.3 is 6.18 Å². The third-order valence-electron chi connectivity index (χ3n) is 3.28. The summed E-state index contributed by atoms with van der Waals surface area (Å²) in [5, 5.41) is 8.83. The molecule has 0 saturated heterocycles. The molecular formula is C17H22F3IN6O. The summed E-state index contributed by atoms with van der Waals surface area (Å²) in [6.07, 6.45) is -3.43. The number of hydrogen-bond acceptors (Lipinski definition) is 5. The summed E-state index contributed by atoms with van der Waals surface area (Å²) in [5.41, 5.74) is -0.983. The molecule has 0 aliphatic heterocycles. The van der Waals surface area contributed by atoms with Gasteiger partial charge in [-0.2, -0.15) is 13.2 Å². The molecule has 28 heavy (non-hydrogen) atoms. The Hall–Kier alpha value is -2.31. The minimum absolute atomic E-state index is 0. The van der Waals surface area contributed by atoms with Crippen molar-refractivity contribution in [2.45, 2.75) is 6.18 Å². The molecule has 1 aromatic heterocycles. The molecule has 0 saturated carbocycles. The molecule has 0 aliphatic rings. The van der Waals surface area contributed by atoms with Gasteiger partial charge in [0.05, 0.1) is 6.54 Å². The number of anilines is 1. The summed E-state index contributed by atoms with van der Waals surface area (Å²) < 4.78 is 43.4. The molecule has 1 aromatic carbocycles. The van der Waals surface area contributed by atoms with E-state index in [1.165, 1.54) is 0 Å². The van der Waals surface area contributed by atoms with Gasteiger partial charge in [0, 0.05) is 26.3 Å². The van der Waals surface area contributed by atoms with E-state index in [0.29, 0.717) is 32.2 Å². The van der Waals surface area contributed by atoms with E-state index >= 15 is 0 Å². The van der Waals surface area contributed by atoms with Crippen LogP contribution in [0.15, 0.2) is 47.6 Å². The van der Waals surface area contributed by atoms with E-state index in [0.717, 1.165) is 18.0 Å². The highest BCUT2D eigenvalue weighted by molar-refractivity contribution is 14.0. The van der Waals surface area contributed by atoms with Crippen molar-refractivity contribution in [2.24, 2.45) is 4.99 Å². The number of ether oxygens (including phenoxy) is 1. The van der Waals surface area contributed by atoms with E-state index in [1.54, 1.807) is 7.05 Å². The van der Waals surface area contributed by atoms with Gasteiger partial charge in [0.1, 0.15) is 18.1 Å². The zero-order chi connectivity index (χ0) is 19.5.